The van der Waals surface area contributed by atoms with Gasteiger partial charge in [-0.15, -0.1) is 0 Å². The topological polar surface area (TPSA) is 58.1 Å². The number of amides is 1. The van der Waals surface area contributed by atoms with Gasteiger partial charge in [-0.3, -0.25) is 9.78 Å². The molecule has 0 aromatic carbocycles. The molecule has 0 saturated carbocycles. The summed E-state index contributed by atoms with van der Waals surface area (Å²) in [4.78, 5) is 21.8. The molecule has 1 amide bonds. The molecule has 0 radical (unpaired) electrons. The zero-order chi connectivity index (χ0) is 11.4. The number of carbonyl (C=O) groups excluding carboxylic acids is 1. The van der Waals surface area contributed by atoms with Crippen molar-refractivity contribution in [3.05, 3.63) is 24.3 Å². The van der Waals surface area contributed by atoms with Crippen LogP contribution in [0.15, 0.2) is 18.6 Å². The molecule has 5 nitrogen and oxygen atoms in total. The predicted molar refractivity (Wildman–Crippen MR) is 60.0 cm³/mol. The van der Waals surface area contributed by atoms with Crippen molar-refractivity contribution >= 4 is 5.91 Å². The molecule has 0 unspecified atom stereocenters. The second-order valence-corrected chi connectivity index (χ2v) is 3.97. The van der Waals surface area contributed by atoms with Gasteiger partial charge in [-0.05, 0) is 19.9 Å². The van der Waals surface area contributed by atoms with E-state index in [0.717, 1.165) is 25.9 Å². The van der Waals surface area contributed by atoms with Crippen LogP contribution < -0.4 is 5.32 Å². The first-order chi connectivity index (χ1) is 7.81. The molecular weight excluding hydrogens is 204 g/mol. The fourth-order valence-corrected chi connectivity index (χ4v) is 1.97. The normalized spacial score (nSPS) is 20.8. The van der Waals surface area contributed by atoms with Crippen LogP contribution in [-0.4, -0.2) is 47.0 Å². The van der Waals surface area contributed by atoms with Gasteiger partial charge in [-0.1, -0.05) is 0 Å². The van der Waals surface area contributed by atoms with Crippen molar-refractivity contribution < 1.29 is 4.79 Å². The number of piperidine rings is 1. The van der Waals surface area contributed by atoms with Crippen molar-refractivity contribution in [1.82, 2.24) is 20.2 Å². The number of likely N-dealkylation sites (N-methyl/N-ethyl adjacent to an activating group) is 1. The average molecular weight is 220 g/mol. The zero-order valence-corrected chi connectivity index (χ0v) is 9.39. The first-order valence-electron chi connectivity index (χ1n) is 5.54. The second-order valence-electron chi connectivity index (χ2n) is 3.97. The SMILES string of the molecule is CN[C@H]1CCCN(C(=O)c2cnccn2)C1. The van der Waals surface area contributed by atoms with Gasteiger partial charge in [0.2, 0.25) is 0 Å². The number of hydrogen-bond acceptors (Lipinski definition) is 4. The largest absolute Gasteiger partial charge is 0.336 e. The van der Waals surface area contributed by atoms with Crippen LogP contribution in [0.25, 0.3) is 0 Å². The minimum atomic E-state index is -0.0203. The number of aromatic nitrogens is 2. The van der Waals surface area contributed by atoms with Crippen molar-refractivity contribution in [3.8, 4) is 0 Å². The molecule has 1 N–H and O–H groups in total. The molecule has 0 bridgehead atoms. The summed E-state index contributed by atoms with van der Waals surface area (Å²) in [7, 11) is 1.93. The highest BCUT2D eigenvalue weighted by molar-refractivity contribution is 5.92. The van der Waals surface area contributed by atoms with Crippen molar-refractivity contribution in [2.45, 2.75) is 18.9 Å². The smallest absolute Gasteiger partial charge is 0.274 e. The van der Waals surface area contributed by atoms with E-state index in [9.17, 15) is 4.79 Å². The van der Waals surface area contributed by atoms with Gasteiger partial charge >= 0.3 is 0 Å². The molecule has 16 heavy (non-hydrogen) atoms. The van der Waals surface area contributed by atoms with Gasteiger partial charge in [0.05, 0.1) is 6.20 Å². The molecule has 1 aliphatic rings. The molecule has 1 aromatic rings. The number of nitrogens with one attached hydrogen (secondary N) is 1. The first kappa shape index (κ1) is 11.0. The Hall–Kier alpha value is -1.49. The lowest BCUT2D eigenvalue weighted by Gasteiger charge is -2.32. The Kier molecular flexibility index (Phi) is 3.46. The summed E-state index contributed by atoms with van der Waals surface area (Å²) in [5.41, 5.74) is 0.430. The summed E-state index contributed by atoms with van der Waals surface area (Å²) in [6.45, 7) is 1.57. The van der Waals surface area contributed by atoms with E-state index in [1.54, 1.807) is 12.4 Å². The Bertz CT molecular complexity index is 354. The molecular formula is C11H16N4O. The third kappa shape index (κ3) is 2.36. The van der Waals surface area contributed by atoms with Gasteiger partial charge in [0, 0.05) is 31.5 Å². The lowest BCUT2D eigenvalue weighted by molar-refractivity contribution is 0.0691. The maximum Gasteiger partial charge on any atom is 0.274 e. The number of hydrogen-bond donors (Lipinski definition) is 1. The summed E-state index contributed by atoms with van der Waals surface area (Å²) in [6.07, 6.45) is 6.81. The zero-order valence-electron chi connectivity index (χ0n) is 9.39. The van der Waals surface area contributed by atoms with Gasteiger partial charge in [0.1, 0.15) is 5.69 Å². The third-order valence-electron chi connectivity index (χ3n) is 2.90. The predicted octanol–water partition coefficient (Wildman–Crippen LogP) is 0.301. The summed E-state index contributed by atoms with van der Waals surface area (Å²) in [5.74, 6) is -0.0203. The van der Waals surface area contributed by atoms with Crippen LogP contribution >= 0.6 is 0 Å². The van der Waals surface area contributed by atoms with Gasteiger partial charge in [-0.25, -0.2) is 4.98 Å². The Morgan fingerprint density at radius 3 is 3.12 bits per heavy atom. The quantitative estimate of drug-likeness (QED) is 0.779. The van der Waals surface area contributed by atoms with E-state index in [1.807, 2.05) is 11.9 Å². The van der Waals surface area contributed by atoms with Crippen LogP contribution in [0, 0.1) is 0 Å². The summed E-state index contributed by atoms with van der Waals surface area (Å²) in [5, 5.41) is 3.21. The molecule has 1 aliphatic heterocycles. The van der Waals surface area contributed by atoms with E-state index in [2.05, 4.69) is 15.3 Å². The van der Waals surface area contributed by atoms with E-state index >= 15 is 0 Å². The molecule has 0 aliphatic carbocycles. The van der Waals surface area contributed by atoms with E-state index in [4.69, 9.17) is 0 Å². The van der Waals surface area contributed by atoms with Gasteiger partial charge < -0.3 is 10.2 Å². The number of carbonyl (C=O) groups is 1. The van der Waals surface area contributed by atoms with Crippen molar-refractivity contribution in [2.75, 3.05) is 20.1 Å². The fourth-order valence-electron chi connectivity index (χ4n) is 1.97. The van der Waals surface area contributed by atoms with Gasteiger partial charge in [0.25, 0.3) is 5.91 Å². The molecule has 1 aromatic heterocycles. The Balaban J connectivity index is 2.05. The van der Waals surface area contributed by atoms with Gasteiger partial charge in [-0.2, -0.15) is 0 Å². The summed E-state index contributed by atoms with van der Waals surface area (Å²) >= 11 is 0. The highest BCUT2D eigenvalue weighted by Crippen LogP contribution is 2.12. The van der Waals surface area contributed by atoms with Gasteiger partial charge in [0.15, 0.2) is 0 Å². The van der Waals surface area contributed by atoms with Crippen LogP contribution in [0.2, 0.25) is 0 Å². The van der Waals surface area contributed by atoms with Crippen LogP contribution in [0.1, 0.15) is 23.3 Å². The molecule has 86 valence electrons. The van der Waals surface area contributed by atoms with E-state index in [1.165, 1.54) is 6.20 Å². The van der Waals surface area contributed by atoms with Crippen LogP contribution in [0.5, 0.6) is 0 Å². The van der Waals surface area contributed by atoms with Crippen LogP contribution in [-0.2, 0) is 0 Å². The summed E-state index contributed by atoms with van der Waals surface area (Å²) in [6, 6.07) is 0.398. The molecule has 2 rings (SSSR count). The molecule has 1 saturated heterocycles. The number of nitrogens with zero attached hydrogens (tertiary/aromatic N) is 3. The molecule has 5 heteroatoms. The van der Waals surface area contributed by atoms with E-state index in [-0.39, 0.29) is 5.91 Å². The van der Waals surface area contributed by atoms with E-state index < -0.39 is 0 Å². The van der Waals surface area contributed by atoms with Crippen molar-refractivity contribution in [2.24, 2.45) is 0 Å². The lowest BCUT2D eigenvalue weighted by atomic mass is 10.1. The minimum absolute atomic E-state index is 0.0203. The monoisotopic (exact) mass is 220 g/mol. The first-order valence-corrected chi connectivity index (χ1v) is 5.54. The summed E-state index contributed by atoms with van der Waals surface area (Å²) < 4.78 is 0. The van der Waals surface area contributed by atoms with Crippen LogP contribution in [0.4, 0.5) is 0 Å². The minimum Gasteiger partial charge on any atom is -0.336 e. The Morgan fingerprint density at radius 2 is 2.44 bits per heavy atom. The Morgan fingerprint density at radius 1 is 1.56 bits per heavy atom. The number of likely N-dealkylation sites (tertiary alicyclic amines) is 1. The molecule has 1 atom stereocenters. The van der Waals surface area contributed by atoms with Crippen LogP contribution in [0.3, 0.4) is 0 Å². The standard InChI is InChI=1S/C11H16N4O/c1-12-9-3-2-6-15(8-9)11(16)10-7-13-4-5-14-10/h4-5,7,9,12H,2-3,6,8H2,1H3/t9-/m0/s1. The highest BCUT2D eigenvalue weighted by Gasteiger charge is 2.24. The lowest BCUT2D eigenvalue weighted by Crippen LogP contribution is -2.47. The van der Waals surface area contributed by atoms with E-state index in [0.29, 0.717) is 11.7 Å². The maximum atomic E-state index is 12.1. The average Bonchev–Trinajstić information content (AvgIpc) is 2.39. The molecule has 2 heterocycles. The van der Waals surface area contributed by atoms with Crippen molar-refractivity contribution in [3.63, 3.8) is 0 Å². The fraction of sp³-hybridized carbons (Fsp3) is 0.545. The number of rotatable bonds is 2. The molecule has 1 fully saturated rings. The molecule has 0 spiro atoms. The highest BCUT2D eigenvalue weighted by atomic mass is 16.2. The third-order valence-corrected chi connectivity index (χ3v) is 2.90. The van der Waals surface area contributed by atoms with Crippen molar-refractivity contribution in [1.29, 1.82) is 0 Å². The Labute approximate surface area is 94.9 Å². The maximum absolute atomic E-state index is 12.1. The second kappa shape index (κ2) is 5.03.